The van der Waals surface area contributed by atoms with Gasteiger partial charge in [-0.05, 0) is 24.5 Å². The summed E-state index contributed by atoms with van der Waals surface area (Å²) in [5.41, 5.74) is 0.523. The molecule has 0 bridgehead atoms. The SMILES string of the molecule is CCC[C@H](NC(=O)CN1C(=O)N[C@@](C)(c2ccccc2)C1=O)c1ccccc1. The number of rotatable bonds is 7. The molecule has 0 spiro atoms. The van der Waals surface area contributed by atoms with Gasteiger partial charge in [0.05, 0.1) is 6.04 Å². The minimum Gasteiger partial charge on any atom is -0.348 e. The first-order valence-corrected chi connectivity index (χ1v) is 9.49. The number of carbonyl (C=O) groups excluding carboxylic acids is 3. The van der Waals surface area contributed by atoms with Gasteiger partial charge in [-0.25, -0.2) is 4.79 Å². The van der Waals surface area contributed by atoms with Crippen LogP contribution in [-0.4, -0.2) is 29.3 Å². The Labute approximate surface area is 164 Å². The molecule has 2 N–H and O–H groups in total. The second-order valence-corrected chi connectivity index (χ2v) is 7.13. The molecule has 1 heterocycles. The number of benzene rings is 2. The van der Waals surface area contributed by atoms with E-state index in [1.165, 1.54) is 0 Å². The van der Waals surface area contributed by atoms with Crippen LogP contribution in [0.25, 0.3) is 0 Å². The third-order valence-corrected chi connectivity index (χ3v) is 5.04. The first kappa shape index (κ1) is 19.6. The molecule has 0 aliphatic carbocycles. The van der Waals surface area contributed by atoms with E-state index in [-0.39, 0.29) is 18.5 Å². The van der Waals surface area contributed by atoms with Crippen LogP contribution in [0, 0.1) is 0 Å². The lowest BCUT2D eigenvalue weighted by molar-refractivity contribution is -0.135. The number of hydrogen-bond acceptors (Lipinski definition) is 3. The number of hydrogen-bond donors (Lipinski definition) is 2. The van der Waals surface area contributed by atoms with Crippen molar-refractivity contribution in [2.24, 2.45) is 0 Å². The van der Waals surface area contributed by atoms with E-state index >= 15 is 0 Å². The minimum atomic E-state index is -1.17. The lowest BCUT2D eigenvalue weighted by Crippen LogP contribution is -2.43. The number of imide groups is 1. The van der Waals surface area contributed by atoms with Crippen LogP contribution in [0.2, 0.25) is 0 Å². The molecule has 4 amide bonds. The second-order valence-electron chi connectivity index (χ2n) is 7.13. The van der Waals surface area contributed by atoms with Crippen LogP contribution in [0.1, 0.15) is 43.9 Å². The number of nitrogens with zero attached hydrogens (tertiary/aromatic N) is 1. The molecule has 146 valence electrons. The van der Waals surface area contributed by atoms with Gasteiger partial charge < -0.3 is 10.6 Å². The number of amides is 4. The first-order valence-electron chi connectivity index (χ1n) is 9.49. The standard InChI is InChI=1S/C22H25N3O3/c1-3-10-18(16-11-6-4-7-12-16)23-19(26)15-25-20(27)22(2,24-21(25)28)17-13-8-5-9-14-17/h4-9,11-14,18H,3,10,15H2,1-2H3,(H,23,26)(H,24,28)/t18-,22-/m0/s1. The molecule has 2 aromatic rings. The fourth-order valence-electron chi connectivity index (χ4n) is 3.49. The van der Waals surface area contributed by atoms with Gasteiger partial charge in [-0.1, -0.05) is 74.0 Å². The highest BCUT2D eigenvalue weighted by atomic mass is 16.2. The van der Waals surface area contributed by atoms with Gasteiger partial charge in [0.1, 0.15) is 12.1 Å². The van der Waals surface area contributed by atoms with Gasteiger partial charge in [-0.15, -0.1) is 0 Å². The third-order valence-electron chi connectivity index (χ3n) is 5.04. The summed E-state index contributed by atoms with van der Waals surface area (Å²) in [4.78, 5) is 38.9. The van der Waals surface area contributed by atoms with Gasteiger partial charge in [0.2, 0.25) is 5.91 Å². The summed E-state index contributed by atoms with van der Waals surface area (Å²) in [5.74, 6) is -0.784. The Balaban J connectivity index is 1.71. The monoisotopic (exact) mass is 379 g/mol. The molecular weight excluding hydrogens is 354 g/mol. The van der Waals surface area contributed by atoms with Crippen LogP contribution in [0.5, 0.6) is 0 Å². The zero-order valence-electron chi connectivity index (χ0n) is 16.1. The molecule has 0 saturated carbocycles. The molecule has 0 radical (unpaired) electrons. The van der Waals surface area contributed by atoms with Gasteiger partial charge in [0.15, 0.2) is 0 Å². The van der Waals surface area contributed by atoms with Crippen molar-refractivity contribution >= 4 is 17.8 Å². The molecule has 0 unspecified atom stereocenters. The molecule has 1 aliphatic rings. The summed E-state index contributed by atoms with van der Waals surface area (Å²) >= 11 is 0. The lowest BCUT2D eigenvalue weighted by atomic mass is 9.92. The van der Waals surface area contributed by atoms with Gasteiger partial charge in [-0.3, -0.25) is 14.5 Å². The van der Waals surface area contributed by atoms with E-state index < -0.39 is 17.5 Å². The molecule has 1 fully saturated rings. The summed E-state index contributed by atoms with van der Waals surface area (Å²) in [6.45, 7) is 3.40. The van der Waals surface area contributed by atoms with E-state index in [2.05, 4.69) is 10.6 Å². The highest BCUT2D eigenvalue weighted by Gasteiger charge is 2.49. The van der Waals surface area contributed by atoms with Crippen molar-refractivity contribution in [2.75, 3.05) is 6.54 Å². The molecule has 3 rings (SSSR count). The van der Waals surface area contributed by atoms with E-state index in [0.29, 0.717) is 5.56 Å². The summed E-state index contributed by atoms with van der Waals surface area (Å²) in [7, 11) is 0. The number of urea groups is 1. The molecule has 0 aromatic heterocycles. The van der Waals surface area contributed by atoms with Crippen molar-refractivity contribution < 1.29 is 14.4 Å². The average Bonchev–Trinajstić information content (AvgIpc) is 2.93. The molecule has 1 aliphatic heterocycles. The van der Waals surface area contributed by atoms with Gasteiger partial charge in [0.25, 0.3) is 5.91 Å². The minimum absolute atomic E-state index is 0.153. The predicted molar refractivity (Wildman–Crippen MR) is 106 cm³/mol. The Morgan fingerprint density at radius 2 is 1.68 bits per heavy atom. The Morgan fingerprint density at radius 3 is 2.29 bits per heavy atom. The quantitative estimate of drug-likeness (QED) is 0.726. The van der Waals surface area contributed by atoms with Crippen molar-refractivity contribution in [1.82, 2.24) is 15.5 Å². The Morgan fingerprint density at radius 1 is 1.07 bits per heavy atom. The van der Waals surface area contributed by atoms with Crippen LogP contribution in [0.3, 0.4) is 0 Å². The normalized spacial score (nSPS) is 20.0. The third kappa shape index (κ3) is 3.91. The predicted octanol–water partition coefficient (Wildman–Crippen LogP) is 3.11. The van der Waals surface area contributed by atoms with Crippen molar-refractivity contribution in [1.29, 1.82) is 0 Å². The zero-order valence-corrected chi connectivity index (χ0v) is 16.1. The average molecular weight is 379 g/mol. The molecule has 28 heavy (non-hydrogen) atoms. The number of carbonyl (C=O) groups is 3. The molecular formula is C22H25N3O3. The number of nitrogens with one attached hydrogen (secondary N) is 2. The molecule has 1 saturated heterocycles. The van der Waals surface area contributed by atoms with Gasteiger partial charge >= 0.3 is 6.03 Å². The molecule has 6 nitrogen and oxygen atoms in total. The molecule has 2 aromatic carbocycles. The van der Waals surface area contributed by atoms with Crippen LogP contribution in [-0.2, 0) is 15.1 Å². The van der Waals surface area contributed by atoms with E-state index in [4.69, 9.17) is 0 Å². The van der Waals surface area contributed by atoms with E-state index in [1.807, 2.05) is 55.5 Å². The van der Waals surface area contributed by atoms with Crippen LogP contribution >= 0.6 is 0 Å². The Kier molecular flexibility index (Phi) is 5.78. The van der Waals surface area contributed by atoms with Crippen molar-refractivity contribution in [3.63, 3.8) is 0 Å². The maximum absolute atomic E-state index is 12.9. The fraction of sp³-hybridized carbons (Fsp3) is 0.318. The van der Waals surface area contributed by atoms with Gasteiger partial charge in [0, 0.05) is 0 Å². The fourth-order valence-corrected chi connectivity index (χ4v) is 3.49. The largest absolute Gasteiger partial charge is 0.348 e. The van der Waals surface area contributed by atoms with Crippen molar-refractivity contribution in [3.05, 3.63) is 71.8 Å². The molecule has 2 atom stereocenters. The van der Waals surface area contributed by atoms with Crippen LogP contribution in [0.15, 0.2) is 60.7 Å². The summed E-state index contributed by atoms with van der Waals surface area (Å²) in [6.07, 6.45) is 1.67. The topological polar surface area (TPSA) is 78.5 Å². The first-order chi connectivity index (χ1) is 13.5. The van der Waals surface area contributed by atoms with E-state index in [0.717, 1.165) is 23.3 Å². The maximum atomic E-state index is 12.9. The van der Waals surface area contributed by atoms with Crippen molar-refractivity contribution in [2.45, 2.75) is 38.3 Å². The van der Waals surface area contributed by atoms with E-state index in [9.17, 15) is 14.4 Å². The van der Waals surface area contributed by atoms with Crippen LogP contribution in [0.4, 0.5) is 4.79 Å². The molecule has 6 heteroatoms. The van der Waals surface area contributed by atoms with Gasteiger partial charge in [-0.2, -0.15) is 0 Å². The van der Waals surface area contributed by atoms with Crippen molar-refractivity contribution in [3.8, 4) is 0 Å². The zero-order chi connectivity index (χ0) is 20.1. The Bertz CT molecular complexity index is 854. The van der Waals surface area contributed by atoms with Crippen LogP contribution < -0.4 is 10.6 Å². The van der Waals surface area contributed by atoms with E-state index in [1.54, 1.807) is 19.1 Å². The lowest BCUT2D eigenvalue weighted by Gasteiger charge is -2.23. The Hall–Kier alpha value is -3.15. The summed E-state index contributed by atoms with van der Waals surface area (Å²) in [5, 5.41) is 5.68. The second kappa shape index (κ2) is 8.25. The summed E-state index contributed by atoms with van der Waals surface area (Å²) in [6, 6.07) is 18.0. The maximum Gasteiger partial charge on any atom is 0.325 e. The summed E-state index contributed by atoms with van der Waals surface area (Å²) < 4.78 is 0. The highest BCUT2D eigenvalue weighted by molar-refractivity contribution is 6.09. The highest BCUT2D eigenvalue weighted by Crippen LogP contribution is 2.28. The smallest absolute Gasteiger partial charge is 0.325 e.